The number of para-hydroxylation sites is 1. The van der Waals surface area contributed by atoms with Gasteiger partial charge in [0.25, 0.3) is 0 Å². The largest absolute Gasteiger partial charge is 0.492 e. The Bertz CT molecular complexity index is 599. The molecule has 0 aliphatic carbocycles. The van der Waals surface area contributed by atoms with Crippen molar-refractivity contribution < 1.29 is 4.74 Å². The molecule has 2 rings (SSSR count). The van der Waals surface area contributed by atoms with Crippen LogP contribution in [0.4, 0.5) is 5.69 Å². The van der Waals surface area contributed by atoms with E-state index in [1.54, 1.807) is 6.20 Å². The number of thioether (sulfide) groups is 1. The molecule has 0 aliphatic rings. The Morgan fingerprint density at radius 3 is 2.70 bits per heavy atom. The highest BCUT2D eigenvalue weighted by Crippen LogP contribution is 2.26. The lowest BCUT2D eigenvalue weighted by atomic mass is 10.3. The third-order valence-corrected chi connectivity index (χ3v) is 3.54. The second-order valence-corrected chi connectivity index (χ2v) is 5.09. The smallest absolute Gasteiger partial charge is 0.137 e. The number of aromatic nitrogens is 1. The molecule has 0 saturated carbocycles. The van der Waals surface area contributed by atoms with Gasteiger partial charge in [-0.1, -0.05) is 23.7 Å². The van der Waals surface area contributed by atoms with Crippen LogP contribution in [-0.4, -0.2) is 22.9 Å². The van der Waals surface area contributed by atoms with Crippen molar-refractivity contribution in [1.82, 2.24) is 4.98 Å². The molecule has 0 unspecified atom stereocenters. The molecule has 0 aliphatic heterocycles. The minimum atomic E-state index is 0.629. The summed E-state index contributed by atoms with van der Waals surface area (Å²) < 4.78 is 5.38. The van der Waals surface area contributed by atoms with Crippen molar-refractivity contribution in [3.63, 3.8) is 0 Å². The maximum absolute atomic E-state index is 6.12. The zero-order chi connectivity index (χ0) is 14.4. The van der Waals surface area contributed by atoms with Crippen LogP contribution in [0, 0.1) is 0 Å². The van der Waals surface area contributed by atoms with E-state index in [-0.39, 0.29) is 0 Å². The van der Waals surface area contributed by atoms with E-state index in [0.29, 0.717) is 11.6 Å². The summed E-state index contributed by atoms with van der Waals surface area (Å²) in [5.74, 6) is 0.759. The summed E-state index contributed by atoms with van der Waals surface area (Å²) in [6, 6.07) is 11.3. The van der Waals surface area contributed by atoms with Gasteiger partial charge in [-0.25, -0.2) is 4.99 Å². The Morgan fingerprint density at radius 1 is 1.30 bits per heavy atom. The monoisotopic (exact) mass is 306 g/mol. The van der Waals surface area contributed by atoms with Crippen molar-refractivity contribution in [1.29, 1.82) is 0 Å². The second kappa shape index (κ2) is 7.31. The van der Waals surface area contributed by atoms with Crippen LogP contribution in [0.15, 0.2) is 47.6 Å². The summed E-state index contributed by atoms with van der Waals surface area (Å²) in [7, 11) is 0. The van der Waals surface area contributed by atoms with Crippen LogP contribution in [0.3, 0.4) is 0 Å². The normalized spacial score (nSPS) is 11.4. The zero-order valence-electron chi connectivity index (χ0n) is 11.3. The van der Waals surface area contributed by atoms with Gasteiger partial charge in [0.05, 0.1) is 29.2 Å². The molecule has 0 spiro atoms. The highest BCUT2D eigenvalue weighted by atomic mass is 35.5. The standard InChI is InChI=1S/C15H15ClN2OS/c1-3-19-11-8-9-14(17-10-11)15(20-2)18-13-7-5-4-6-12(13)16/h4-10H,3H2,1-2H3. The molecular formula is C15H15ClN2OS. The van der Waals surface area contributed by atoms with E-state index in [4.69, 9.17) is 16.3 Å². The molecule has 0 atom stereocenters. The summed E-state index contributed by atoms with van der Waals surface area (Å²) >= 11 is 7.66. The number of halogens is 1. The molecule has 1 aromatic carbocycles. The Balaban J connectivity index is 2.30. The van der Waals surface area contributed by atoms with Crippen LogP contribution in [0.5, 0.6) is 5.75 Å². The van der Waals surface area contributed by atoms with Crippen LogP contribution in [0.1, 0.15) is 12.6 Å². The summed E-state index contributed by atoms with van der Waals surface area (Å²) in [5.41, 5.74) is 1.55. The fourth-order valence-electron chi connectivity index (χ4n) is 1.62. The molecule has 20 heavy (non-hydrogen) atoms. The minimum absolute atomic E-state index is 0.629. The Kier molecular flexibility index (Phi) is 5.44. The van der Waals surface area contributed by atoms with Gasteiger partial charge < -0.3 is 4.74 Å². The maximum Gasteiger partial charge on any atom is 0.137 e. The highest BCUT2D eigenvalue weighted by molar-refractivity contribution is 8.13. The third-order valence-electron chi connectivity index (χ3n) is 2.53. The van der Waals surface area contributed by atoms with E-state index < -0.39 is 0 Å². The molecule has 0 bridgehead atoms. The van der Waals surface area contributed by atoms with Gasteiger partial charge in [0.15, 0.2) is 0 Å². The lowest BCUT2D eigenvalue weighted by molar-refractivity contribution is 0.339. The van der Waals surface area contributed by atoms with Crippen molar-refractivity contribution in [2.45, 2.75) is 6.92 Å². The molecule has 2 aromatic rings. The van der Waals surface area contributed by atoms with Crippen molar-refractivity contribution >= 4 is 34.1 Å². The highest BCUT2D eigenvalue weighted by Gasteiger charge is 2.06. The van der Waals surface area contributed by atoms with E-state index in [0.717, 1.165) is 22.2 Å². The topological polar surface area (TPSA) is 34.5 Å². The number of nitrogens with zero attached hydrogens (tertiary/aromatic N) is 2. The van der Waals surface area contributed by atoms with Gasteiger partial charge in [0, 0.05) is 0 Å². The van der Waals surface area contributed by atoms with Gasteiger partial charge in [-0.3, -0.25) is 4.98 Å². The molecule has 3 nitrogen and oxygen atoms in total. The Labute approximate surface area is 128 Å². The fraction of sp³-hybridized carbons (Fsp3) is 0.200. The first kappa shape index (κ1) is 14.9. The van der Waals surface area contributed by atoms with Crippen LogP contribution in [-0.2, 0) is 0 Å². The first-order valence-corrected chi connectivity index (χ1v) is 7.81. The molecule has 0 amide bonds. The predicted molar refractivity (Wildman–Crippen MR) is 86.6 cm³/mol. The van der Waals surface area contributed by atoms with E-state index >= 15 is 0 Å². The van der Waals surface area contributed by atoms with Crippen LogP contribution < -0.4 is 4.74 Å². The van der Waals surface area contributed by atoms with E-state index in [2.05, 4.69) is 9.98 Å². The number of pyridine rings is 1. The van der Waals surface area contributed by atoms with Gasteiger partial charge in [0.2, 0.25) is 0 Å². The van der Waals surface area contributed by atoms with E-state index in [1.807, 2.05) is 49.6 Å². The summed E-state index contributed by atoms with van der Waals surface area (Å²) in [5, 5.41) is 1.45. The first-order chi connectivity index (χ1) is 9.74. The van der Waals surface area contributed by atoms with Crippen molar-refractivity contribution in [3.05, 3.63) is 53.3 Å². The van der Waals surface area contributed by atoms with E-state index in [9.17, 15) is 0 Å². The van der Waals surface area contributed by atoms with Crippen molar-refractivity contribution in [2.24, 2.45) is 4.99 Å². The number of benzene rings is 1. The molecule has 1 heterocycles. The van der Waals surface area contributed by atoms with Crippen molar-refractivity contribution in [3.8, 4) is 5.75 Å². The predicted octanol–water partition coefficient (Wildman–Crippen LogP) is 4.58. The van der Waals surface area contributed by atoms with Gasteiger partial charge in [-0.15, -0.1) is 11.8 Å². The Hall–Kier alpha value is -1.52. The molecule has 0 saturated heterocycles. The SMILES string of the molecule is CCOc1ccc(C(=Nc2ccccc2Cl)SC)nc1. The molecule has 0 fully saturated rings. The summed E-state index contributed by atoms with van der Waals surface area (Å²) in [4.78, 5) is 8.94. The number of hydrogen-bond acceptors (Lipinski definition) is 4. The maximum atomic E-state index is 6.12. The fourth-order valence-corrected chi connectivity index (χ4v) is 2.32. The number of rotatable bonds is 4. The van der Waals surface area contributed by atoms with Gasteiger partial charge >= 0.3 is 0 Å². The van der Waals surface area contributed by atoms with Crippen LogP contribution in [0.25, 0.3) is 0 Å². The summed E-state index contributed by atoms with van der Waals surface area (Å²) in [6.45, 7) is 2.57. The van der Waals surface area contributed by atoms with Gasteiger partial charge in [-0.05, 0) is 37.4 Å². The van der Waals surface area contributed by atoms with Crippen molar-refractivity contribution in [2.75, 3.05) is 12.9 Å². The molecular weight excluding hydrogens is 292 g/mol. The molecule has 0 radical (unpaired) electrons. The molecule has 1 aromatic heterocycles. The third kappa shape index (κ3) is 3.74. The second-order valence-electron chi connectivity index (χ2n) is 3.88. The minimum Gasteiger partial charge on any atom is -0.492 e. The lowest BCUT2D eigenvalue weighted by Crippen LogP contribution is -1.99. The summed E-state index contributed by atoms with van der Waals surface area (Å²) in [6.07, 6.45) is 3.67. The first-order valence-electron chi connectivity index (χ1n) is 6.21. The average Bonchev–Trinajstić information content (AvgIpc) is 2.48. The zero-order valence-corrected chi connectivity index (χ0v) is 12.9. The van der Waals surface area contributed by atoms with Crippen LogP contribution in [0.2, 0.25) is 5.02 Å². The lowest BCUT2D eigenvalue weighted by Gasteiger charge is -2.06. The molecule has 104 valence electrons. The quantitative estimate of drug-likeness (QED) is 0.613. The van der Waals surface area contributed by atoms with Gasteiger partial charge in [-0.2, -0.15) is 0 Å². The van der Waals surface area contributed by atoms with Crippen LogP contribution >= 0.6 is 23.4 Å². The molecule has 0 N–H and O–H groups in total. The number of aliphatic imine (C=N–C) groups is 1. The Morgan fingerprint density at radius 2 is 2.10 bits per heavy atom. The average molecular weight is 307 g/mol. The van der Waals surface area contributed by atoms with E-state index in [1.165, 1.54) is 11.8 Å². The number of ether oxygens (including phenoxy) is 1. The van der Waals surface area contributed by atoms with Gasteiger partial charge in [0.1, 0.15) is 10.8 Å². The molecule has 5 heteroatoms. The number of hydrogen-bond donors (Lipinski definition) is 0.